The number of hydrogen-bond donors (Lipinski definition) is 0. The van der Waals surface area contributed by atoms with Gasteiger partial charge in [0, 0.05) is 18.5 Å². The van der Waals surface area contributed by atoms with Crippen LogP contribution >= 0.6 is 0 Å². The van der Waals surface area contributed by atoms with Gasteiger partial charge in [-0.2, -0.15) is 4.98 Å². The number of hydrogen-bond acceptors (Lipinski definition) is 7. The first-order valence-electron chi connectivity index (χ1n) is 10.9. The summed E-state index contributed by atoms with van der Waals surface area (Å²) in [7, 11) is 0. The van der Waals surface area contributed by atoms with Crippen molar-refractivity contribution in [3.05, 3.63) is 65.3 Å². The minimum Gasteiger partial charge on any atom is -0.477 e. The van der Waals surface area contributed by atoms with E-state index >= 15 is 0 Å². The first-order chi connectivity index (χ1) is 16.8. The highest BCUT2D eigenvalue weighted by atomic mass is 19.4. The third kappa shape index (κ3) is 5.70. The number of halogens is 3. The van der Waals surface area contributed by atoms with Crippen LogP contribution in [0.15, 0.2) is 59.7 Å². The summed E-state index contributed by atoms with van der Waals surface area (Å²) < 4.78 is 54.7. The number of fused-ring (bicyclic) bond motifs is 1. The summed E-state index contributed by atoms with van der Waals surface area (Å²) in [4.78, 5) is 21.0. The molecule has 0 radical (unpaired) electrons. The predicted octanol–water partition coefficient (Wildman–Crippen LogP) is 3.72. The predicted molar refractivity (Wildman–Crippen MR) is 117 cm³/mol. The molecule has 0 spiro atoms. The van der Waals surface area contributed by atoms with Crippen LogP contribution < -0.4 is 19.9 Å². The molecule has 0 atom stereocenters. The van der Waals surface area contributed by atoms with Crippen LogP contribution in [0.2, 0.25) is 0 Å². The Balaban J connectivity index is 1.24. The lowest BCUT2D eigenvalue weighted by Gasteiger charge is -2.09. The van der Waals surface area contributed by atoms with Crippen molar-refractivity contribution < 1.29 is 27.4 Å². The van der Waals surface area contributed by atoms with E-state index in [-0.39, 0.29) is 30.6 Å². The molecule has 0 amide bonds. The minimum absolute atomic E-state index is 0.114. The van der Waals surface area contributed by atoms with Crippen LogP contribution in [0.5, 0.6) is 17.6 Å². The average Bonchev–Trinajstić information content (AvgIpc) is 3.61. The molecule has 9 nitrogen and oxygen atoms in total. The van der Waals surface area contributed by atoms with E-state index in [2.05, 4.69) is 19.8 Å². The van der Waals surface area contributed by atoms with Crippen molar-refractivity contribution in [3.8, 4) is 28.8 Å². The second-order valence-electron chi connectivity index (χ2n) is 8.00. The first kappa shape index (κ1) is 22.7. The van der Waals surface area contributed by atoms with Gasteiger partial charge in [0.1, 0.15) is 12.4 Å². The van der Waals surface area contributed by atoms with Crippen LogP contribution in [0.25, 0.3) is 16.8 Å². The fourth-order valence-electron chi connectivity index (χ4n) is 3.37. The molecule has 35 heavy (non-hydrogen) atoms. The quantitative estimate of drug-likeness (QED) is 0.355. The van der Waals surface area contributed by atoms with Crippen LogP contribution in [0, 0.1) is 5.92 Å². The molecule has 12 heteroatoms. The molecule has 182 valence electrons. The van der Waals surface area contributed by atoms with Gasteiger partial charge in [-0.15, -0.1) is 18.3 Å². The molecular formula is C23H20F3N5O4. The zero-order chi connectivity index (χ0) is 24.4. The van der Waals surface area contributed by atoms with Crippen molar-refractivity contribution in [3.63, 3.8) is 0 Å². The Kier molecular flexibility index (Phi) is 6.01. The maximum Gasteiger partial charge on any atom is 0.573 e. The van der Waals surface area contributed by atoms with Crippen molar-refractivity contribution in [2.75, 3.05) is 13.2 Å². The van der Waals surface area contributed by atoms with Gasteiger partial charge in [0.2, 0.25) is 5.88 Å². The zero-order valence-corrected chi connectivity index (χ0v) is 18.3. The summed E-state index contributed by atoms with van der Waals surface area (Å²) in [6.45, 7) is 0.903. The third-order valence-electron chi connectivity index (χ3n) is 5.30. The molecule has 0 saturated heterocycles. The van der Waals surface area contributed by atoms with Gasteiger partial charge in [-0.25, -0.2) is 18.9 Å². The lowest BCUT2D eigenvalue weighted by molar-refractivity contribution is -0.274. The highest BCUT2D eigenvalue weighted by molar-refractivity contribution is 5.65. The third-order valence-corrected chi connectivity index (χ3v) is 5.30. The number of pyridine rings is 1. The zero-order valence-electron chi connectivity index (χ0n) is 18.3. The van der Waals surface area contributed by atoms with Crippen LogP contribution in [0.4, 0.5) is 13.2 Å². The van der Waals surface area contributed by atoms with E-state index < -0.39 is 6.36 Å². The number of benzene rings is 1. The van der Waals surface area contributed by atoms with Crippen LogP contribution in [-0.4, -0.2) is 43.7 Å². The monoisotopic (exact) mass is 487 g/mol. The Bertz CT molecular complexity index is 1380. The minimum atomic E-state index is -4.76. The molecule has 1 aliphatic carbocycles. The number of ether oxygens (including phenoxy) is 3. The van der Waals surface area contributed by atoms with Gasteiger partial charge in [0.25, 0.3) is 0 Å². The van der Waals surface area contributed by atoms with Gasteiger partial charge in [0.15, 0.2) is 5.65 Å². The molecular weight excluding hydrogens is 467 g/mol. The smallest absolute Gasteiger partial charge is 0.477 e. The summed E-state index contributed by atoms with van der Waals surface area (Å²) >= 11 is 0. The highest BCUT2D eigenvalue weighted by Crippen LogP contribution is 2.29. The second kappa shape index (κ2) is 9.28. The first-order valence-corrected chi connectivity index (χ1v) is 10.9. The van der Waals surface area contributed by atoms with Crippen LogP contribution in [0.1, 0.15) is 12.8 Å². The van der Waals surface area contributed by atoms with Crippen molar-refractivity contribution in [2.24, 2.45) is 5.92 Å². The van der Waals surface area contributed by atoms with E-state index in [1.54, 1.807) is 30.6 Å². The summed E-state index contributed by atoms with van der Waals surface area (Å²) in [5.41, 5.74) is 1.28. The molecule has 4 aromatic rings. The standard InChI is InChI=1S/C23H20F3N5O4/c24-23(25,26)35-18-6-3-16(4-7-18)17-5-8-19-29-31(22(32)30(19)13-17)11-12-33-21-27-10-9-20(28-21)34-14-15-1-2-15/h3-10,13,15H,1-2,11-12,14H2. The Hall–Kier alpha value is -4.09. The maximum atomic E-state index is 12.8. The lowest BCUT2D eigenvalue weighted by Crippen LogP contribution is -2.24. The topological polar surface area (TPSA) is 92.8 Å². The number of rotatable bonds is 9. The van der Waals surface area contributed by atoms with E-state index in [0.717, 1.165) is 0 Å². The Morgan fingerprint density at radius 1 is 1.00 bits per heavy atom. The molecule has 1 aromatic carbocycles. The number of alkyl halides is 3. The summed E-state index contributed by atoms with van der Waals surface area (Å²) in [6.07, 6.45) is 0.709. The Morgan fingerprint density at radius 2 is 1.77 bits per heavy atom. The largest absolute Gasteiger partial charge is 0.573 e. The Labute approximate surface area is 196 Å². The maximum absolute atomic E-state index is 12.8. The van der Waals surface area contributed by atoms with Gasteiger partial charge >= 0.3 is 18.1 Å². The molecule has 5 rings (SSSR count). The summed E-state index contributed by atoms with van der Waals surface area (Å²) in [5.74, 6) is 0.716. The van der Waals surface area contributed by atoms with E-state index in [1.165, 1.54) is 46.2 Å². The van der Waals surface area contributed by atoms with Crippen molar-refractivity contribution >= 4 is 5.65 Å². The molecule has 1 fully saturated rings. The number of aromatic nitrogens is 5. The Morgan fingerprint density at radius 3 is 2.51 bits per heavy atom. The van der Waals surface area contributed by atoms with Crippen molar-refractivity contribution in [1.82, 2.24) is 24.1 Å². The van der Waals surface area contributed by atoms with Gasteiger partial charge in [-0.1, -0.05) is 12.1 Å². The van der Waals surface area contributed by atoms with E-state index in [4.69, 9.17) is 9.47 Å². The SMILES string of the molecule is O=c1n(CCOc2nccc(OCC3CC3)n2)nc2ccc(-c3ccc(OC(F)(F)F)cc3)cn12. The second-order valence-corrected chi connectivity index (χ2v) is 8.00. The fraction of sp³-hybridized carbons (Fsp3) is 0.304. The van der Waals surface area contributed by atoms with Gasteiger partial charge in [0.05, 0.1) is 13.2 Å². The normalized spacial score (nSPS) is 13.7. The molecule has 3 heterocycles. The fourth-order valence-corrected chi connectivity index (χ4v) is 3.37. The van der Waals surface area contributed by atoms with Crippen LogP contribution in [0.3, 0.4) is 0 Å². The molecule has 0 aliphatic heterocycles. The van der Waals surface area contributed by atoms with E-state index in [1.807, 2.05) is 0 Å². The molecule has 1 saturated carbocycles. The summed E-state index contributed by atoms with van der Waals surface area (Å²) in [6, 6.07) is 10.6. The highest BCUT2D eigenvalue weighted by Gasteiger charge is 2.31. The molecule has 1 aliphatic rings. The van der Waals surface area contributed by atoms with E-state index in [0.29, 0.717) is 35.2 Å². The molecule has 0 bridgehead atoms. The molecule has 3 aromatic heterocycles. The number of nitrogens with zero attached hydrogens (tertiary/aromatic N) is 5. The molecule has 0 N–H and O–H groups in total. The van der Waals surface area contributed by atoms with Crippen molar-refractivity contribution in [1.29, 1.82) is 0 Å². The van der Waals surface area contributed by atoms with Gasteiger partial charge in [-0.05, 0) is 54.2 Å². The van der Waals surface area contributed by atoms with Gasteiger partial charge in [-0.3, -0.25) is 0 Å². The van der Waals surface area contributed by atoms with Crippen LogP contribution in [-0.2, 0) is 6.54 Å². The average molecular weight is 487 g/mol. The van der Waals surface area contributed by atoms with E-state index in [9.17, 15) is 18.0 Å². The van der Waals surface area contributed by atoms with Crippen molar-refractivity contribution in [2.45, 2.75) is 25.7 Å². The van der Waals surface area contributed by atoms with Gasteiger partial charge < -0.3 is 14.2 Å². The lowest BCUT2D eigenvalue weighted by atomic mass is 10.1. The molecule has 0 unspecified atom stereocenters. The summed E-state index contributed by atoms with van der Waals surface area (Å²) in [5, 5.41) is 4.28.